The molecule has 2 aliphatic rings. The van der Waals surface area contributed by atoms with E-state index in [-0.39, 0.29) is 35.7 Å². The van der Waals surface area contributed by atoms with Gasteiger partial charge < -0.3 is 39.9 Å². The molecule has 6 heterocycles. The highest BCUT2D eigenvalue weighted by Gasteiger charge is 2.39. The van der Waals surface area contributed by atoms with Crippen LogP contribution in [0.2, 0.25) is 0 Å². The van der Waals surface area contributed by atoms with Gasteiger partial charge in [-0.3, -0.25) is 9.59 Å². The van der Waals surface area contributed by atoms with Gasteiger partial charge in [-0.1, -0.05) is 39.5 Å². The molecule has 294 valence electrons. The first-order chi connectivity index (χ1) is 26.9. The molecule has 2 aliphatic heterocycles. The molecule has 4 amide bonds. The molecule has 1 aromatic carbocycles. The third kappa shape index (κ3) is 7.96. The summed E-state index contributed by atoms with van der Waals surface area (Å²) in [6.45, 7) is 8.79. The maximum Gasteiger partial charge on any atom is 0.407 e. The predicted octanol–water partition coefficient (Wildman–Crippen LogP) is 6.72. The molecule has 0 aliphatic carbocycles. The number of methoxy groups -OCH3 is 2. The number of amides is 4. The van der Waals surface area contributed by atoms with Gasteiger partial charge in [0, 0.05) is 28.1 Å². The fourth-order valence-electron chi connectivity index (χ4n) is 7.44. The summed E-state index contributed by atoms with van der Waals surface area (Å²) in [7, 11) is 2.58. The van der Waals surface area contributed by atoms with Crippen LogP contribution in [0.3, 0.4) is 0 Å². The number of likely N-dealkylation sites (tertiary alicyclic amines) is 2. The second kappa shape index (κ2) is 16.4. The van der Waals surface area contributed by atoms with Crippen LogP contribution in [0.4, 0.5) is 9.59 Å². The molecule has 4 atom stereocenters. The number of aromatic nitrogens is 4. The van der Waals surface area contributed by atoms with Crippen molar-refractivity contribution in [3.63, 3.8) is 0 Å². The zero-order chi connectivity index (χ0) is 39.7. The smallest absolute Gasteiger partial charge is 0.407 e. The molecule has 2 saturated heterocycles. The molecule has 4 aromatic heterocycles. The molecular formula is C40H46N8O6S2. The van der Waals surface area contributed by atoms with E-state index < -0.39 is 24.3 Å². The Balaban J connectivity index is 1.03. The van der Waals surface area contributed by atoms with Crippen molar-refractivity contribution in [1.29, 1.82) is 0 Å². The summed E-state index contributed by atoms with van der Waals surface area (Å²) < 4.78 is 11.8. The van der Waals surface area contributed by atoms with Crippen LogP contribution in [0.5, 0.6) is 0 Å². The van der Waals surface area contributed by atoms with Crippen LogP contribution >= 0.6 is 22.7 Å². The van der Waals surface area contributed by atoms with E-state index in [0.717, 1.165) is 78.8 Å². The largest absolute Gasteiger partial charge is 0.453 e. The highest BCUT2D eigenvalue weighted by molar-refractivity contribution is 7.29. The molecule has 0 bridgehead atoms. The minimum atomic E-state index is -0.693. The summed E-state index contributed by atoms with van der Waals surface area (Å²) in [5, 5.41) is 5.39. The van der Waals surface area contributed by atoms with Gasteiger partial charge in [-0.15, -0.1) is 22.7 Å². The standard InChI is InChI=1S/C40H46N8O6S2/c1-21(2)33(45-39(51)53-5)37(49)47-15-7-9-28(47)35-41-20-27(44-35)30-19-32-31(56-30)18-24(55-32)13-11-23-12-14-25-26(17-23)43-36(42-25)29-10-8-16-48(29)38(50)34(22(3)4)46-40(52)54-6/h12,14,17-22,28-29,33-34H,7-10,15-16H2,1-6H3,(H,41,44)(H,42,43)(H,45,51)(H,46,52)/t28?,29?,33-,34-/m1/s1. The van der Waals surface area contributed by atoms with Gasteiger partial charge >= 0.3 is 12.2 Å². The summed E-state index contributed by atoms with van der Waals surface area (Å²) in [6.07, 6.45) is 3.82. The predicted molar refractivity (Wildman–Crippen MR) is 215 cm³/mol. The molecule has 0 saturated carbocycles. The number of hydrogen-bond donors (Lipinski definition) is 4. The van der Waals surface area contributed by atoms with Crippen LogP contribution in [0.25, 0.3) is 31.0 Å². The van der Waals surface area contributed by atoms with Crippen molar-refractivity contribution in [3.8, 4) is 22.4 Å². The van der Waals surface area contributed by atoms with Crippen molar-refractivity contribution in [3.05, 3.63) is 58.6 Å². The maximum absolute atomic E-state index is 13.6. The Labute approximate surface area is 332 Å². The third-order valence-electron chi connectivity index (χ3n) is 10.4. The number of nitrogens with one attached hydrogen (secondary N) is 4. The molecule has 16 heteroatoms. The minimum Gasteiger partial charge on any atom is -0.453 e. The van der Waals surface area contributed by atoms with Gasteiger partial charge in [0.25, 0.3) is 0 Å². The van der Waals surface area contributed by atoms with Gasteiger partial charge in [0.05, 0.1) is 59.0 Å². The number of ether oxygens (including phenoxy) is 2. The zero-order valence-corrected chi connectivity index (χ0v) is 33.9. The van der Waals surface area contributed by atoms with Crippen LogP contribution in [0.1, 0.15) is 87.6 Å². The Morgan fingerprint density at radius 2 is 1.41 bits per heavy atom. The lowest BCUT2D eigenvalue weighted by molar-refractivity contribution is -0.136. The number of nitrogens with zero attached hydrogens (tertiary/aromatic N) is 4. The normalized spacial score (nSPS) is 18.0. The van der Waals surface area contributed by atoms with Crippen LogP contribution in [-0.2, 0) is 19.1 Å². The number of hydrogen-bond acceptors (Lipinski definition) is 10. The van der Waals surface area contributed by atoms with E-state index in [0.29, 0.717) is 13.1 Å². The van der Waals surface area contributed by atoms with Gasteiger partial charge in [-0.25, -0.2) is 19.6 Å². The summed E-state index contributed by atoms with van der Waals surface area (Å²) >= 11 is 3.29. The Morgan fingerprint density at radius 3 is 2.00 bits per heavy atom. The van der Waals surface area contributed by atoms with Crippen molar-refractivity contribution in [2.24, 2.45) is 11.8 Å². The molecule has 4 N–H and O–H groups in total. The number of carbonyl (C=O) groups is 4. The number of carbonyl (C=O) groups excluding carboxylic acids is 4. The summed E-state index contributed by atoms with van der Waals surface area (Å²) in [5.74, 6) is 7.58. The van der Waals surface area contributed by atoms with Crippen molar-refractivity contribution in [2.75, 3.05) is 27.3 Å². The molecule has 7 rings (SSSR count). The first-order valence-electron chi connectivity index (χ1n) is 18.8. The van der Waals surface area contributed by atoms with Gasteiger partial charge in [0.2, 0.25) is 11.8 Å². The second-order valence-electron chi connectivity index (χ2n) is 14.8. The van der Waals surface area contributed by atoms with E-state index >= 15 is 0 Å². The fourth-order valence-corrected chi connectivity index (χ4v) is 9.66. The van der Waals surface area contributed by atoms with Crippen molar-refractivity contribution in [2.45, 2.75) is 77.5 Å². The summed E-state index contributed by atoms with van der Waals surface area (Å²) in [4.78, 5) is 73.1. The molecule has 14 nitrogen and oxygen atoms in total. The van der Waals surface area contributed by atoms with Crippen LogP contribution in [0, 0.1) is 23.7 Å². The first kappa shape index (κ1) is 38.9. The molecule has 5 aromatic rings. The van der Waals surface area contributed by atoms with Gasteiger partial charge in [-0.2, -0.15) is 0 Å². The number of alkyl carbamates (subject to hydrolysis) is 2. The SMILES string of the molecule is COC(=O)N[C@@H](C(=O)N1CCCC1c1ncc(-c2cc3sc(C#Cc4ccc5[nH]c(C6CCCN6C(=O)[C@H](NC(=O)OC)C(C)C)nc5c4)cc3s2)[nH]1)C(C)C. The number of H-pyrrole nitrogens is 2. The van der Waals surface area contributed by atoms with Crippen molar-refractivity contribution < 1.29 is 28.7 Å². The third-order valence-corrected chi connectivity index (χ3v) is 12.6. The lowest BCUT2D eigenvalue weighted by atomic mass is 10.0. The van der Waals surface area contributed by atoms with Crippen LogP contribution in [-0.4, -0.2) is 93.1 Å². The Hall–Kier alpha value is -5.40. The van der Waals surface area contributed by atoms with E-state index in [1.54, 1.807) is 27.6 Å². The minimum absolute atomic E-state index is 0.103. The van der Waals surface area contributed by atoms with Gasteiger partial charge in [0.15, 0.2) is 0 Å². The van der Waals surface area contributed by atoms with Gasteiger partial charge in [-0.05, 0) is 67.9 Å². The zero-order valence-electron chi connectivity index (χ0n) is 32.2. The molecule has 0 spiro atoms. The first-order valence-corrected chi connectivity index (χ1v) is 20.5. The molecule has 56 heavy (non-hydrogen) atoms. The maximum atomic E-state index is 13.6. The Kier molecular flexibility index (Phi) is 11.4. The molecule has 0 radical (unpaired) electrons. The number of benzene rings is 1. The summed E-state index contributed by atoms with van der Waals surface area (Å²) in [5.41, 5.74) is 3.37. The van der Waals surface area contributed by atoms with Crippen LogP contribution in [0.15, 0.2) is 36.5 Å². The quantitative estimate of drug-likeness (QED) is 0.119. The highest BCUT2D eigenvalue weighted by atomic mass is 32.1. The number of aromatic amines is 2. The Morgan fingerprint density at radius 1 is 0.804 bits per heavy atom. The van der Waals surface area contributed by atoms with E-state index in [9.17, 15) is 19.2 Å². The number of fused-ring (bicyclic) bond motifs is 2. The van der Waals surface area contributed by atoms with Crippen molar-refractivity contribution >= 4 is 67.1 Å². The van der Waals surface area contributed by atoms with E-state index in [1.165, 1.54) is 14.2 Å². The molecule has 2 fully saturated rings. The number of imidazole rings is 2. The molecule has 2 unspecified atom stereocenters. The monoisotopic (exact) mass is 798 g/mol. The number of rotatable bonds is 9. The fraction of sp³-hybridized carbons (Fsp3) is 0.450. The Bertz CT molecular complexity index is 2300. The van der Waals surface area contributed by atoms with Gasteiger partial charge in [0.1, 0.15) is 23.7 Å². The summed E-state index contributed by atoms with van der Waals surface area (Å²) in [6, 6.07) is 8.33. The van der Waals surface area contributed by atoms with E-state index in [4.69, 9.17) is 14.5 Å². The van der Waals surface area contributed by atoms with E-state index in [2.05, 4.69) is 49.6 Å². The highest BCUT2D eigenvalue weighted by Crippen LogP contribution is 2.39. The lowest BCUT2D eigenvalue weighted by Crippen LogP contribution is -2.51. The average molecular weight is 799 g/mol. The topological polar surface area (TPSA) is 175 Å². The van der Waals surface area contributed by atoms with Crippen LogP contribution < -0.4 is 10.6 Å². The number of thiophene rings is 2. The van der Waals surface area contributed by atoms with Crippen molar-refractivity contribution in [1.82, 2.24) is 40.4 Å². The average Bonchev–Trinajstić information content (AvgIpc) is 4.03. The second-order valence-corrected chi connectivity index (χ2v) is 17.0. The van der Waals surface area contributed by atoms with E-state index in [1.807, 2.05) is 57.0 Å². The molecular weight excluding hydrogens is 753 g/mol. The lowest BCUT2D eigenvalue weighted by Gasteiger charge is -2.30.